The van der Waals surface area contributed by atoms with E-state index < -0.39 is 0 Å². The van der Waals surface area contributed by atoms with Crippen molar-refractivity contribution in [1.29, 1.82) is 0 Å². The second-order valence-electron chi connectivity index (χ2n) is 6.31. The summed E-state index contributed by atoms with van der Waals surface area (Å²) in [6.07, 6.45) is 3.44. The van der Waals surface area contributed by atoms with Crippen LogP contribution in [0, 0.1) is 0 Å². The minimum absolute atomic E-state index is 0.151. The molecule has 0 saturated carbocycles. The first kappa shape index (κ1) is 15.7. The predicted octanol–water partition coefficient (Wildman–Crippen LogP) is 2.72. The third-order valence-electron chi connectivity index (χ3n) is 4.82. The zero-order chi connectivity index (χ0) is 16.5. The monoisotopic (exact) mass is 345 g/mol. The Morgan fingerprint density at radius 3 is 2.79 bits per heavy atom. The lowest BCUT2D eigenvalue weighted by Crippen LogP contribution is -2.51. The molecule has 2 saturated heterocycles. The average Bonchev–Trinajstić information content (AvgIpc) is 3.15. The fourth-order valence-corrected chi connectivity index (χ4v) is 3.69. The van der Waals surface area contributed by atoms with Gasteiger partial charge in [0.1, 0.15) is 6.10 Å². The van der Waals surface area contributed by atoms with Gasteiger partial charge in [-0.15, -0.1) is 0 Å². The van der Waals surface area contributed by atoms with E-state index in [0.29, 0.717) is 11.6 Å². The number of amides is 1. The van der Waals surface area contributed by atoms with Crippen LogP contribution < -0.4 is 4.90 Å². The topological polar surface area (TPSA) is 45.7 Å². The molecule has 24 heavy (non-hydrogen) atoms. The van der Waals surface area contributed by atoms with Gasteiger partial charge in [0.05, 0.1) is 5.52 Å². The Morgan fingerprint density at radius 2 is 2.04 bits per heavy atom. The fourth-order valence-electron chi connectivity index (χ4n) is 3.53. The molecule has 126 valence electrons. The van der Waals surface area contributed by atoms with Crippen molar-refractivity contribution in [1.82, 2.24) is 9.88 Å². The maximum atomic E-state index is 12.5. The van der Waals surface area contributed by atoms with Crippen molar-refractivity contribution in [3.63, 3.8) is 0 Å². The minimum atomic E-state index is -0.222. The molecular weight excluding hydrogens is 326 g/mol. The molecule has 3 heterocycles. The Balaban J connectivity index is 1.49. The number of halogens is 1. The van der Waals surface area contributed by atoms with Gasteiger partial charge in [0.25, 0.3) is 5.91 Å². The summed E-state index contributed by atoms with van der Waals surface area (Å²) < 4.78 is 5.52. The van der Waals surface area contributed by atoms with Crippen LogP contribution in [0.25, 0.3) is 10.9 Å². The number of anilines is 1. The van der Waals surface area contributed by atoms with E-state index in [4.69, 9.17) is 16.3 Å². The quantitative estimate of drug-likeness (QED) is 0.839. The van der Waals surface area contributed by atoms with Crippen LogP contribution >= 0.6 is 11.6 Å². The highest BCUT2D eigenvalue weighted by Gasteiger charge is 2.30. The molecule has 2 fully saturated rings. The number of hydrogen-bond acceptors (Lipinski definition) is 4. The molecule has 0 radical (unpaired) electrons. The first-order valence-corrected chi connectivity index (χ1v) is 8.80. The van der Waals surface area contributed by atoms with Gasteiger partial charge in [-0.2, -0.15) is 0 Å². The van der Waals surface area contributed by atoms with Crippen molar-refractivity contribution < 1.29 is 9.53 Å². The highest BCUT2D eigenvalue weighted by Crippen LogP contribution is 2.28. The van der Waals surface area contributed by atoms with Crippen molar-refractivity contribution in [2.24, 2.45) is 0 Å². The second kappa shape index (κ2) is 6.57. The summed E-state index contributed by atoms with van der Waals surface area (Å²) >= 11 is 6.06. The fraction of sp³-hybridized carbons (Fsp3) is 0.444. The first-order chi connectivity index (χ1) is 11.7. The zero-order valence-electron chi connectivity index (χ0n) is 13.4. The number of aromatic nitrogens is 1. The van der Waals surface area contributed by atoms with E-state index in [2.05, 4.69) is 9.88 Å². The maximum absolute atomic E-state index is 12.5. The summed E-state index contributed by atoms with van der Waals surface area (Å²) in [6, 6.07) is 7.83. The highest BCUT2D eigenvalue weighted by molar-refractivity contribution is 6.31. The van der Waals surface area contributed by atoms with Gasteiger partial charge in [0.2, 0.25) is 0 Å². The number of benzene rings is 1. The van der Waals surface area contributed by atoms with E-state index in [0.717, 1.165) is 55.6 Å². The van der Waals surface area contributed by atoms with Gasteiger partial charge < -0.3 is 14.5 Å². The van der Waals surface area contributed by atoms with Crippen LogP contribution in [-0.4, -0.2) is 54.7 Å². The molecule has 4 rings (SSSR count). The summed E-state index contributed by atoms with van der Waals surface area (Å²) in [6.45, 7) is 3.81. The lowest BCUT2D eigenvalue weighted by Gasteiger charge is -2.37. The van der Waals surface area contributed by atoms with Gasteiger partial charge in [0, 0.05) is 55.1 Å². The lowest BCUT2D eigenvalue weighted by molar-refractivity contribution is -0.141. The Bertz CT molecular complexity index is 753. The van der Waals surface area contributed by atoms with Crippen molar-refractivity contribution in [3.05, 3.63) is 35.5 Å². The van der Waals surface area contributed by atoms with E-state index in [9.17, 15) is 4.79 Å². The van der Waals surface area contributed by atoms with Crippen LogP contribution in [0.1, 0.15) is 12.8 Å². The molecular formula is C18H20ClN3O2. The Morgan fingerprint density at radius 1 is 1.21 bits per heavy atom. The molecule has 2 aromatic rings. The number of piperazine rings is 1. The van der Waals surface area contributed by atoms with E-state index >= 15 is 0 Å². The number of carbonyl (C=O) groups is 1. The van der Waals surface area contributed by atoms with E-state index in [1.54, 1.807) is 0 Å². The van der Waals surface area contributed by atoms with Crippen molar-refractivity contribution >= 4 is 34.1 Å². The number of ether oxygens (including phenoxy) is 1. The summed E-state index contributed by atoms with van der Waals surface area (Å²) in [7, 11) is 0. The van der Waals surface area contributed by atoms with Gasteiger partial charge in [-0.1, -0.05) is 11.6 Å². The Hall–Kier alpha value is -1.85. The number of fused-ring (bicyclic) bond motifs is 1. The second-order valence-corrected chi connectivity index (χ2v) is 6.74. The molecule has 5 nitrogen and oxygen atoms in total. The largest absolute Gasteiger partial charge is 0.368 e. The summed E-state index contributed by atoms with van der Waals surface area (Å²) in [5.41, 5.74) is 2.05. The molecule has 2 aliphatic heterocycles. The smallest absolute Gasteiger partial charge is 0.251 e. The van der Waals surface area contributed by atoms with Crippen LogP contribution in [0.2, 0.25) is 5.02 Å². The molecule has 1 atom stereocenters. The van der Waals surface area contributed by atoms with Gasteiger partial charge >= 0.3 is 0 Å². The van der Waals surface area contributed by atoms with Crippen LogP contribution in [0.3, 0.4) is 0 Å². The van der Waals surface area contributed by atoms with Crippen LogP contribution in [0.15, 0.2) is 30.5 Å². The summed E-state index contributed by atoms with van der Waals surface area (Å²) in [5.74, 6) is 0.151. The standard InChI is InChI=1S/C18H20ClN3O2/c19-13-3-4-14-15(12-13)20-6-5-16(14)21-7-9-22(10-8-21)18(23)17-2-1-11-24-17/h3-6,12,17H,1-2,7-11H2. The van der Waals surface area contributed by atoms with Crippen molar-refractivity contribution in [3.8, 4) is 0 Å². The highest BCUT2D eigenvalue weighted by atomic mass is 35.5. The van der Waals surface area contributed by atoms with Crippen LogP contribution in [-0.2, 0) is 9.53 Å². The Labute approximate surface area is 146 Å². The lowest BCUT2D eigenvalue weighted by atomic mass is 10.1. The first-order valence-electron chi connectivity index (χ1n) is 8.42. The number of carbonyl (C=O) groups excluding carboxylic acids is 1. The molecule has 1 amide bonds. The summed E-state index contributed by atoms with van der Waals surface area (Å²) in [5, 5.41) is 1.79. The van der Waals surface area contributed by atoms with Crippen LogP contribution in [0.5, 0.6) is 0 Å². The molecule has 0 bridgehead atoms. The maximum Gasteiger partial charge on any atom is 0.251 e. The van der Waals surface area contributed by atoms with Gasteiger partial charge in [-0.3, -0.25) is 9.78 Å². The molecule has 1 unspecified atom stereocenters. The predicted molar refractivity (Wildman–Crippen MR) is 94.5 cm³/mol. The Kier molecular flexibility index (Phi) is 4.29. The average molecular weight is 346 g/mol. The van der Waals surface area contributed by atoms with E-state index in [-0.39, 0.29) is 12.0 Å². The van der Waals surface area contributed by atoms with E-state index in [1.165, 1.54) is 0 Å². The summed E-state index contributed by atoms with van der Waals surface area (Å²) in [4.78, 5) is 21.1. The zero-order valence-corrected chi connectivity index (χ0v) is 14.2. The third-order valence-corrected chi connectivity index (χ3v) is 5.05. The number of pyridine rings is 1. The van der Waals surface area contributed by atoms with Crippen molar-refractivity contribution in [2.75, 3.05) is 37.7 Å². The molecule has 1 aromatic carbocycles. The number of hydrogen-bond donors (Lipinski definition) is 0. The molecule has 1 aromatic heterocycles. The molecule has 0 aliphatic carbocycles. The minimum Gasteiger partial charge on any atom is -0.368 e. The van der Waals surface area contributed by atoms with Crippen molar-refractivity contribution in [2.45, 2.75) is 18.9 Å². The SMILES string of the molecule is O=C(C1CCCO1)N1CCN(c2ccnc3cc(Cl)ccc23)CC1. The van der Waals surface area contributed by atoms with Gasteiger partial charge in [-0.25, -0.2) is 0 Å². The number of nitrogens with zero attached hydrogens (tertiary/aromatic N) is 3. The molecule has 2 aliphatic rings. The molecule has 0 N–H and O–H groups in total. The molecule has 6 heteroatoms. The molecule has 0 spiro atoms. The van der Waals surface area contributed by atoms with Gasteiger partial charge in [0.15, 0.2) is 0 Å². The number of rotatable bonds is 2. The van der Waals surface area contributed by atoms with E-state index in [1.807, 2.05) is 35.4 Å². The van der Waals surface area contributed by atoms with Gasteiger partial charge in [-0.05, 0) is 37.1 Å². The third kappa shape index (κ3) is 2.94. The van der Waals surface area contributed by atoms with Crippen LogP contribution in [0.4, 0.5) is 5.69 Å². The normalized spacial score (nSPS) is 21.5.